The van der Waals surface area contributed by atoms with Gasteiger partial charge in [-0.2, -0.15) is 0 Å². The monoisotopic (exact) mass is 773 g/mol. The number of hydrogen-bond acceptors (Lipinski definition) is 6. The summed E-state index contributed by atoms with van der Waals surface area (Å²) in [5.41, 5.74) is 0. The van der Waals surface area contributed by atoms with Crippen molar-refractivity contribution in [2.45, 2.75) is 245 Å². The van der Waals surface area contributed by atoms with Crippen molar-refractivity contribution in [2.24, 2.45) is 0 Å². The molecule has 0 N–H and O–H groups in total. The Morgan fingerprint density at radius 3 is 1.07 bits per heavy atom. The van der Waals surface area contributed by atoms with Gasteiger partial charge in [0.1, 0.15) is 13.2 Å². The van der Waals surface area contributed by atoms with Crippen LogP contribution < -0.4 is 0 Å². The SMILES string of the molecule is CCCC/C=C\C/C=C\CCCCCCCC(=O)OCC(COC(=O)CCCCCCCCCCC)OC(=O)CCCCCCC/C=C\CCCCCCC. The molecule has 0 aromatic heterocycles. The fourth-order valence-corrected chi connectivity index (χ4v) is 6.51. The van der Waals surface area contributed by atoms with Gasteiger partial charge in [0.25, 0.3) is 0 Å². The molecule has 1 atom stereocenters. The smallest absolute Gasteiger partial charge is 0.306 e. The maximum absolute atomic E-state index is 12.7. The first-order valence-electron chi connectivity index (χ1n) is 23.5. The van der Waals surface area contributed by atoms with Crippen molar-refractivity contribution in [3.63, 3.8) is 0 Å². The van der Waals surface area contributed by atoms with Gasteiger partial charge in [0.15, 0.2) is 6.10 Å². The van der Waals surface area contributed by atoms with Crippen molar-refractivity contribution in [2.75, 3.05) is 13.2 Å². The zero-order valence-corrected chi connectivity index (χ0v) is 36.4. The van der Waals surface area contributed by atoms with E-state index in [1.807, 2.05) is 0 Å². The average Bonchev–Trinajstić information content (AvgIpc) is 3.18. The first-order valence-corrected chi connectivity index (χ1v) is 23.5. The van der Waals surface area contributed by atoms with Crippen LogP contribution in [0.4, 0.5) is 0 Å². The fraction of sp³-hybridized carbons (Fsp3) is 0.816. The zero-order valence-electron chi connectivity index (χ0n) is 36.4. The minimum absolute atomic E-state index is 0.0782. The summed E-state index contributed by atoms with van der Waals surface area (Å²) in [4.78, 5) is 37.7. The third-order valence-electron chi connectivity index (χ3n) is 10.1. The van der Waals surface area contributed by atoms with E-state index in [-0.39, 0.29) is 31.1 Å². The number of allylic oxidation sites excluding steroid dienone is 6. The predicted molar refractivity (Wildman–Crippen MR) is 233 cm³/mol. The summed E-state index contributed by atoms with van der Waals surface area (Å²) in [5.74, 6) is -0.901. The number of carbonyl (C=O) groups is 3. The number of hydrogen-bond donors (Lipinski definition) is 0. The molecule has 320 valence electrons. The molecule has 0 heterocycles. The maximum atomic E-state index is 12.7. The topological polar surface area (TPSA) is 78.9 Å². The van der Waals surface area contributed by atoms with Crippen molar-refractivity contribution in [3.05, 3.63) is 36.5 Å². The Morgan fingerprint density at radius 2 is 0.673 bits per heavy atom. The van der Waals surface area contributed by atoms with E-state index in [9.17, 15) is 14.4 Å². The number of esters is 3. The molecule has 0 radical (unpaired) electrons. The first kappa shape index (κ1) is 52.6. The van der Waals surface area contributed by atoms with Gasteiger partial charge in [-0.25, -0.2) is 0 Å². The molecule has 0 rings (SSSR count). The lowest BCUT2D eigenvalue weighted by molar-refractivity contribution is -0.167. The lowest BCUT2D eigenvalue weighted by atomic mass is 10.1. The van der Waals surface area contributed by atoms with Crippen LogP contribution in [0.3, 0.4) is 0 Å². The van der Waals surface area contributed by atoms with Crippen molar-refractivity contribution in [3.8, 4) is 0 Å². The third kappa shape index (κ3) is 42.6. The van der Waals surface area contributed by atoms with Gasteiger partial charge in [-0.3, -0.25) is 14.4 Å². The van der Waals surface area contributed by atoms with Crippen molar-refractivity contribution in [1.82, 2.24) is 0 Å². The standard InChI is InChI=1S/C49H88O6/c1-4-7-10-13-16-19-21-23-25-27-30-33-36-39-42-48(51)54-45-46(44-53-47(50)41-38-35-32-29-18-15-12-9-6-3)55-49(52)43-40-37-34-31-28-26-24-22-20-17-14-11-8-5-2/h13,16,21-24,46H,4-12,14-15,17-20,25-45H2,1-3H3/b16-13-,23-21-,24-22-. The summed E-state index contributed by atoms with van der Waals surface area (Å²) in [7, 11) is 0. The quantitative estimate of drug-likeness (QED) is 0.0266. The molecule has 0 aromatic rings. The Hall–Kier alpha value is -2.37. The second-order valence-electron chi connectivity index (χ2n) is 15.7. The van der Waals surface area contributed by atoms with Gasteiger partial charge in [0.05, 0.1) is 0 Å². The molecule has 6 heteroatoms. The Labute approximate surface area is 340 Å². The summed E-state index contributed by atoms with van der Waals surface area (Å²) in [6.45, 7) is 6.55. The van der Waals surface area contributed by atoms with Gasteiger partial charge < -0.3 is 14.2 Å². The maximum Gasteiger partial charge on any atom is 0.306 e. The second kappa shape index (κ2) is 44.3. The second-order valence-corrected chi connectivity index (χ2v) is 15.7. The summed E-state index contributed by atoms with van der Waals surface area (Å²) in [5, 5.41) is 0. The van der Waals surface area contributed by atoms with E-state index in [4.69, 9.17) is 14.2 Å². The van der Waals surface area contributed by atoms with Gasteiger partial charge in [0.2, 0.25) is 0 Å². The molecular formula is C49H88O6. The molecule has 0 aromatic carbocycles. The van der Waals surface area contributed by atoms with Gasteiger partial charge in [-0.15, -0.1) is 0 Å². The highest BCUT2D eigenvalue weighted by molar-refractivity contribution is 5.71. The van der Waals surface area contributed by atoms with Crippen molar-refractivity contribution >= 4 is 17.9 Å². The highest BCUT2D eigenvalue weighted by Gasteiger charge is 2.19. The average molecular weight is 773 g/mol. The number of unbranched alkanes of at least 4 members (excludes halogenated alkanes) is 25. The molecule has 0 saturated carbocycles. The van der Waals surface area contributed by atoms with E-state index in [0.29, 0.717) is 19.3 Å². The fourth-order valence-electron chi connectivity index (χ4n) is 6.51. The number of rotatable bonds is 42. The van der Waals surface area contributed by atoms with Crippen LogP contribution in [0.5, 0.6) is 0 Å². The van der Waals surface area contributed by atoms with Crippen LogP contribution in [-0.4, -0.2) is 37.2 Å². The van der Waals surface area contributed by atoms with Crippen LogP contribution in [0.1, 0.15) is 239 Å². The van der Waals surface area contributed by atoms with Crippen LogP contribution in [0, 0.1) is 0 Å². The van der Waals surface area contributed by atoms with Crippen molar-refractivity contribution < 1.29 is 28.6 Å². The molecule has 0 aliphatic carbocycles. The molecule has 6 nitrogen and oxygen atoms in total. The highest BCUT2D eigenvalue weighted by atomic mass is 16.6. The van der Waals surface area contributed by atoms with E-state index in [0.717, 1.165) is 89.9 Å². The van der Waals surface area contributed by atoms with E-state index in [2.05, 4.69) is 57.2 Å². The predicted octanol–water partition coefficient (Wildman–Crippen LogP) is 15.0. The normalized spacial score (nSPS) is 12.3. The van der Waals surface area contributed by atoms with Crippen LogP contribution in [0.2, 0.25) is 0 Å². The summed E-state index contributed by atoms with van der Waals surface area (Å²) >= 11 is 0. The summed E-state index contributed by atoms with van der Waals surface area (Å²) < 4.78 is 16.7. The molecule has 0 saturated heterocycles. The third-order valence-corrected chi connectivity index (χ3v) is 10.1. The molecular weight excluding hydrogens is 685 g/mol. The molecule has 0 amide bonds. The number of carbonyl (C=O) groups excluding carboxylic acids is 3. The molecule has 1 unspecified atom stereocenters. The Kier molecular flexibility index (Phi) is 42.4. The van der Waals surface area contributed by atoms with E-state index < -0.39 is 6.10 Å². The van der Waals surface area contributed by atoms with Crippen LogP contribution in [0.25, 0.3) is 0 Å². The van der Waals surface area contributed by atoms with E-state index in [1.54, 1.807) is 0 Å². The lowest BCUT2D eigenvalue weighted by Crippen LogP contribution is -2.30. The van der Waals surface area contributed by atoms with Crippen molar-refractivity contribution in [1.29, 1.82) is 0 Å². The van der Waals surface area contributed by atoms with Gasteiger partial charge in [-0.05, 0) is 70.6 Å². The Morgan fingerprint density at radius 1 is 0.364 bits per heavy atom. The molecule has 0 aliphatic rings. The molecule has 0 spiro atoms. The van der Waals surface area contributed by atoms with Gasteiger partial charge in [-0.1, -0.05) is 186 Å². The minimum atomic E-state index is -0.776. The minimum Gasteiger partial charge on any atom is -0.462 e. The molecule has 55 heavy (non-hydrogen) atoms. The highest BCUT2D eigenvalue weighted by Crippen LogP contribution is 2.14. The first-order chi connectivity index (χ1) is 27.0. The Balaban J connectivity index is 4.38. The van der Waals surface area contributed by atoms with Crippen LogP contribution in [-0.2, 0) is 28.6 Å². The molecule has 0 bridgehead atoms. The van der Waals surface area contributed by atoms with E-state index in [1.165, 1.54) is 109 Å². The Bertz CT molecular complexity index is 938. The summed E-state index contributed by atoms with van der Waals surface area (Å²) in [6.07, 6.45) is 49.8. The summed E-state index contributed by atoms with van der Waals surface area (Å²) in [6, 6.07) is 0. The number of ether oxygens (including phenoxy) is 3. The largest absolute Gasteiger partial charge is 0.462 e. The van der Waals surface area contributed by atoms with Gasteiger partial charge >= 0.3 is 17.9 Å². The molecule has 0 fully saturated rings. The zero-order chi connectivity index (χ0) is 40.1. The van der Waals surface area contributed by atoms with E-state index >= 15 is 0 Å². The van der Waals surface area contributed by atoms with Crippen LogP contribution >= 0.6 is 0 Å². The van der Waals surface area contributed by atoms with Crippen LogP contribution in [0.15, 0.2) is 36.5 Å². The molecule has 0 aliphatic heterocycles. The lowest BCUT2D eigenvalue weighted by Gasteiger charge is -2.18. The van der Waals surface area contributed by atoms with Gasteiger partial charge in [0, 0.05) is 19.3 Å².